The lowest BCUT2D eigenvalue weighted by Gasteiger charge is -2.33. The number of nitrogens with zero attached hydrogens (tertiary/aromatic N) is 1. The molecule has 4 heteroatoms. The highest BCUT2D eigenvalue weighted by atomic mass is 16.5. The second-order valence-electron chi connectivity index (χ2n) is 8.83. The molecule has 0 spiro atoms. The van der Waals surface area contributed by atoms with Gasteiger partial charge in [-0.3, -0.25) is 4.79 Å². The van der Waals surface area contributed by atoms with Crippen LogP contribution >= 0.6 is 0 Å². The molecule has 1 saturated carbocycles. The molecule has 1 amide bonds. The highest BCUT2D eigenvalue weighted by Crippen LogP contribution is 2.31. The minimum atomic E-state index is 0.152. The van der Waals surface area contributed by atoms with Crippen molar-refractivity contribution in [3.05, 3.63) is 60.2 Å². The van der Waals surface area contributed by atoms with E-state index in [4.69, 9.17) is 9.47 Å². The molecule has 160 valence electrons. The lowest BCUT2D eigenvalue weighted by Crippen LogP contribution is -2.40. The topological polar surface area (TPSA) is 38.8 Å². The van der Waals surface area contributed by atoms with Crippen LogP contribution in [0, 0.1) is 5.92 Å². The fourth-order valence-corrected chi connectivity index (χ4v) is 4.57. The Morgan fingerprint density at radius 3 is 2.17 bits per heavy atom. The van der Waals surface area contributed by atoms with Crippen LogP contribution in [0.1, 0.15) is 56.9 Å². The zero-order valence-corrected chi connectivity index (χ0v) is 18.0. The third-order valence-corrected chi connectivity index (χ3v) is 6.58. The van der Waals surface area contributed by atoms with Crippen molar-refractivity contribution in [3.8, 4) is 11.5 Å². The predicted molar refractivity (Wildman–Crippen MR) is 119 cm³/mol. The number of hydrogen-bond acceptors (Lipinski definition) is 3. The summed E-state index contributed by atoms with van der Waals surface area (Å²) >= 11 is 0. The zero-order chi connectivity index (χ0) is 20.8. The van der Waals surface area contributed by atoms with E-state index in [0.29, 0.717) is 5.92 Å². The van der Waals surface area contributed by atoms with Crippen LogP contribution in [-0.4, -0.2) is 36.6 Å². The number of hydrogen-bond donors (Lipinski definition) is 0. The number of carbonyl (C=O) groups is 1. The standard InChI is InChI=1S/C26H33NO3/c1-20-7-11-23(12-8-20)29-19-26(28)27-17-15-22(16-18-27)21-9-13-25(14-10-21)30-24-5-3-2-4-6-24/h2-6,9-10,13-14,20,22-23H,7-8,11-12,15-19H2,1H3. The third kappa shape index (κ3) is 5.63. The number of rotatable bonds is 6. The Kier molecular flexibility index (Phi) is 7.06. The predicted octanol–water partition coefficient (Wildman–Crippen LogP) is 5.78. The largest absolute Gasteiger partial charge is 0.457 e. The molecule has 0 aromatic heterocycles. The molecule has 2 fully saturated rings. The Morgan fingerprint density at radius 1 is 0.867 bits per heavy atom. The Balaban J connectivity index is 1.21. The normalized spacial score (nSPS) is 22.6. The number of para-hydroxylation sites is 1. The first-order valence-corrected chi connectivity index (χ1v) is 11.4. The van der Waals surface area contributed by atoms with E-state index in [2.05, 4.69) is 19.1 Å². The van der Waals surface area contributed by atoms with E-state index in [0.717, 1.165) is 56.2 Å². The molecule has 2 aliphatic rings. The molecular formula is C26H33NO3. The summed E-state index contributed by atoms with van der Waals surface area (Å²) in [5, 5.41) is 0. The van der Waals surface area contributed by atoms with Crippen LogP contribution in [0.2, 0.25) is 0 Å². The Labute approximate surface area is 180 Å². The minimum absolute atomic E-state index is 0.152. The van der Waals surface area contributed by atoms with Crippen molar-refractivity contribution in [1.29, 1.82) is 0 Å². The van der Waals surface area contributed by atoms with E-state index in [9.17, 15) is 4.79 Å². The molecule has 1 heterocycles. The number of carbonyl (C=O) groups excluding carboxylic acids is 1. The number of piperidine rings is 1. The molecule has 0 N–H and O–H groups in total. The average molecular weight is 408 g/mol. The molecule has 4 rings (SSSR count). The molecule has 2 aromatic carbocycles. The Bertz CT molecular complexity index is 789. The van der Waals surface area contributed by atoms with E-state index in [1.54, 1.807) is 0 Å². The van der Waals surface area contributed by atoms with E-state index >= 15 is 0 Å². The van der Waals surface area contributed by atoms with Crippen molar-refractivity contribution in [3.63, 3.8) is 0 Å². The third-order valence-electron chi connectivity index (χ3n) is 6.58. The second kappa shape index (κ2) is 10.1. The van der Waals surface area contributed by atoms with E-state index in [1.807, 2.05) is 47.4 Å². The molecule has 30 heavy (non-hydrogen) atoms. The van der Waals surface area contributed by atoms with Gasteiger partial charge in [0, 0.05) is 13.1 Å². The van der Waals surface area contributed by atoms with Gasteiger partial charge in [0.1, 0.15) is 18.1 Å². The SMILES string of the molecule is CC1CCC(OCC(=O)N2CCC(c3ccc(Oc4ccccc4)cc3)CC2)CC1. The van der Waals surface area contributed by atoms with Gasteiger partial charge in [-0.1, -0.05) is 37.3 Å². The lowest BCUT2D eigenvalue weighted by atomic mass is 9.89. The fraction of sp³-hybridized carbons (Fsp3) is 0.500. The molecule has 0 unspecified atom stereocenters. The highest BCUT2D eigenvalue weighted by molar-refractivity contribution is 5.77. The maximum atomic E-state index is 12.6. The summed E-state index contributed by atoms with van der Waals surface area (Å²) in [4.78, 5) is 14.5. The fourth-order valence-electron chi connectivity index (χ4n) is 4.57. The van der Waals surface area contributed by atoms with Crippen molar-refractivity contribution >= 4 is 5.91 Å². The molecule has 1 aliphatic heterocycles. The molecule has 0 bridgehead atoms. The summed E-state index contributed by atoms with van der Waals surface area (Å²) in [7, 11) is 0. The molecular weight excluding hydrogens is 374 g/mol. The summed E-state index contributed by atoms with van der Waals surface area (Å²) in [6.45, 7) is 4.18. The second-order valence-corrected chi connectivity index (χ2v) is 8.83. The van der Waals surface area contributed by atoms with Gasteiger partial charge in [0.2, 0.25) is 5.91 Å². The quantitative estimate of drug-likeness (QED) is 0.609. The van der Waals surface area contributed by atoms with Gasteiger partial charge in [-0.05, 0) is 80.2 Å². The lowest BCUT2D eigenvalue weighted by molar-refractivity contribution is -0.140. The van der Waals surface area contributed by atoms with E-state index in [1.165, 1.54) is 18.4 Å². The van der Waals surface area contributed by atoms with E-state index < -0.39 is 0 Å². The maximum Gasteiger partial charge on any atom is 0.248 e. The first-order chi connectivity index (χ1) is 14.7. The van der Waals surface area contributed by atoms with Crippen LogP contribution in [0.15, 0.2) is 54.6 Å². The number of amides is 1. The van der Waals surface area contributed by atoms with Crippen LogP contribution in [0.25, 0.3) is 0 Å². The summed E-state index contributed by atoms with van der Waals surface area (Å²) in [6, 6.07) is 18.2. The minimum Gasteiger partial charge on any atom is -0.457 e. The van der Waals surface area contributed by atoms with Gasteiger partial charge >= 0.3 is 0 Å². The Hall–Kier alpha value is -2.33. The van der Waals surface area contributed by atoms with Gasteiger partial charge in [0.05, 0.1) is 6.10 Å². The van der Waals surface area contributed by atoms with Crippen LogP contribution in [0.4, 0.5) is 0 Å². The van der Waals surface area contributed by atoms with Gasteiger partial charge in [-0.2, -0.15) is 0 Å². The van der Waals surface area contributed by atoms with E-state index in [-0.39, 0.29) is 18.6 Å². The summed E-state index contributed by atoms with van der Waals surface area (Å²) < 4.78 is 11.8. The van der Waals surface area contributed by atoms with Crippen molar-refractivity contribution in [2.24, 2.45) is 5.92 Å². The summed E-state index contributed by atoms with van der Waals surface area (Å²) in [5.74, 6) is 3.16. The monoisotopic (exact) mass is 407 g/mol. The first kappa shape index (κ1) is 20.9. The van der Waals surface area contributed by atoms with Gasteiger partial charge in [-0.25, -0.2) is 0 Å². The molecule has 2 aromatic rings. The number of ether oxygens (including phenoxy) is 2. The number of likely N-dealkylation sites (tertiary alicyclic amines) is 1. The van der Waals surface area contributed by atoms with Gasteiger partial charge < -0.3 is 14.4 Å². The maximum absolute atomic E-state index is 12.6. The molecule has 0 radical (unpaired) electrons. The zero-order valence-electron chi connectivity index (χ0n) is 18.0. The van der Waals surface area contributed by atoms with Gasteiger partial charge in [0.25, 0.3) is 0 Å². The van der Waals surface area contributed by atoms with Crippen molar-refractivity contribution in [1.82, 2.24) is 4.90 Å². The van der Waals surface area contributed by atoms with Crippen molar-refractivity contribution in [2.45, 2.75) is 57.5 Å². The van der Waals surface area contributed by atoms with Crippen molar-refractivity contribution in [2.75, 3.05) is 19.7 Å². The van der Waals surface area contributed by atoms with Crippen molar-refractivity contribution < 1.29 is 14.3 Å². The highest BCUT2D eigenvalue weighted by Gasteiger charge is 2.25. The van der Waals surface area contributed by atoms with Crippen LogP contribution in [0.5, 0.6) is 11.5 Å². The molecule has 4 nitrogen and oxygen atoms in total. The van der Waals surface area contributed by atoms with Crippen LogP contribution < -0.4 is 4.74 Å². The van der Waals surface area contributed by atoms with Gasteiger partial charge in [0.15, 0.2) is 0 Å². The summed E-state index contributed by atoms with van der Waals surface area (Å²) in [6.07, 6.45) is 6.93. The number of benzene rings is 2. The Morgan fingerprint density at radius 2 is 1.50 bits per heavy atom. The first-order valence-electron chi connectivity index (χ1n) is 11.4. The van der Waals surface area contributed by atoms with Gasteiger partial charge in [-0.15, -0.1) is 0 Å². The molecule has 0 atom stereocenters. The van der Waals surface area contributed by atoms with Crippen LogP contribution in [-0.2, 0) is 9.53 Å². The average Bonchev–Trinajstić information content (AvgIpc) is 2.80. The smallest absolute Gasteiger partial charge is 0.248 e. The molecule has 1 aliphatic carbocycles. The van der Waals surface area contributed by atoms with Crippen LogP contribution in [0.3, 0.4) is 0 Å². The summed E-state index contributed by atoms with van der Waals surface area (Å²) in [5.41, 5.74) is 1.33. The molecule has 1 saturated heterocycles.